The van der Waals surface area contributed by atoms with Crippen molar-refractivity contribution in [3.05, 3.63) is 22.7 Å². The Morgan fingerprint density at radius 2 is 1.89 bits per heavy atom. The van der Waals surface area contributed by atoms with Crippen LogP contribution >= 0.6 is 11.6 Å². The van der Waals surface area contributed by atoms with E-state index < -0.39 is 24.5 Å². The maximum atomic E-state index is 12.2. The van der Waals surface area contributed by atoms with Crippen molar-refractivity contribution in [2.45, 2.75) is 45.1 Å². The van der Waals surface area contributed by atoms with Gasteiger partial charge < -0.3 is 19.5 Å². The average molecular weight is 413 g/mol. The Bertz CT molecular complexity index is 719. The van der Waals surface area contributed by atoms with Gasteiger partial charge in [-0.2, -0.15) is 0 Å². The summed E-state index contributed by atoms with van der Waals surface area (Å²) in [5.41, 5.74) is 0.102. The molecule has 1 saturated carbocycles. The molecule has 0 radical (unpaired) electrons. The summed E-state index contributed by atoms with van der Waals surface area (Å²) < 4.78 is 15.5. The summed E-state index contributed by atoms with van der Waals surface area (Å²) in [5, 5.41) is 5.09. The van der Waals surface area contributed by atoms with E-state index in [-0.39, 0.29) is 22.4 Å². The zero-order valence-corrected chi connectivity index (χ0v) is 16.8. The Hall–Kier alpha value is -2.48. The van der Waals surface area contributed by atoms with Crippen LogP contribution in [0.25, 0.3) is 0 Å². The third kappa shape index (κ3) is 6.30. The molecular weight excluding hydrogens is 388 g/mol. The highest BCUT2D eigenvalue weighted by Gasteiger charge is 2.19. The molecule has 2 N–H and O–H groups in total. The van der Waals surface area contributed by atoms with E-state index in [9.17, 15) is 14.4 Å². The van der Waals surface area contributed by atoms with Gasteiger partial charge in [-0.15, -0.1) is 0 Å². The summed E-state index contributed by atoms with van der Waals surface area (Å²) in [5.74, 6) is -0.894. The molecule has 1 aromatic rings. The molecule has 3 amide bonds. The van der Waals surface area contributed by atoms with Crippen molar-refractivity contribution in [3.8, 4) is 11.5 Å². The maximum Gasteiger partial charge on any atom is 0.338 e. The number of carbonyl (C=O) groups is 3. The Morgan fingerprint density at radius 1 is 1.18 bits per heavy atom. The van der Waals surface area contributed by atoms with E-state index in [4.69, 9.17) is 25.8 Å². The van der Waals surface area contributed by atoms with E-state index in [0.29, 0.717) is 12.4 Å². The van der Waals surface area contributed by atoms with Crippen LogP contribution in [0.15, 0.2) is 12.1 Å². The fraction of sp³-hybridized carbons (Fsp3) is 0.526. The highest BCUT2D eigenvalue weighted by atomic mass is 35.5. The molecule has 0 heterocycles. The van der Waals surface area contributed by atoms with Gasteiger partial charge >= 0.3 is 12.0 Å². The van der Waals surface area contributed by atoms with Gasteiger partial charge in [0.05, 0.1) is 24.3 Å². The highest BCUT2D eigenvalue weighted by molar-refractivity contribution is 6.32. The van der Waals surface area contributed by atoms with E-state index in [1.807, 2.05) is 0 Å². The number of urea groups is 1. The number of ether oxygens (including phenoxy) is 3. The number of benzene rings is 1. The first-order chi connectivity index (χ1) is 13.4. The van der Waals surface area contributed by atoms with Crippen LogP contribution in [0.1, 0.15) is 49.4 Å². The largest absolute Gasteiger partial charge is 0.493 e. The van der Waals surface area contributed by atoms with Gasteiger partial charge in [0.25, 0.3) is 5.91 Å². The first-order valence-electron chi connectivity index (χ1n) is 9.22. The monoisotopic (exact) mass is 412 g/mol. The second kappa shape index (κ2) is 10.8. The number of carbonyl (C=O) groups excluding carboxylic acids is 3. The molecule has 0 atom stereocenters. The van der Waals surface area contributed by atoms with Crippen molar-refractivity contribution >= 4 is 29.5 Å². The van der Waals surface area contributed by atoms with E-state index in [0.717, 1.165) is 32.1 Å². The zero-order valence-electron chi connectivity index (χ0n) is 16.0. The second-order valence-electron chi connectivity index (χ2n) is 6.36. The maximum absolute atomic E-state index is 12.2. The number of esters is 1. The second-order valence-corrected chi connectivity index (χ2v) is 6.76. The van der Waals surface area contributed by atoms with Crippen LogP contribution in [0.2, 0.25) is 5.02 Å². The predicted octanol–water partition coefficient (Wildman–Crippen LogP) is 3.06. The topological polar surface area (TPSA) is 103 Å². The van der Waals surface area contributed by atoms with Gasteiger partial charge in [-0.1, -0.05) is 30.9 Å². The Morgan fingerprint density at radius 3 is 2.54 bits per heavy atom. The lowest BCUT2D eigenvalue weighted by Crippen LogP contribution is -2.46. The van der Waals surface area contributed by atoms with Crippen LogP contribution in [-0.2, 0) is 9.53 Å². The minimum absolute atomic E-state index is 0.0718. The third-order valence-corrected chi connectivity index (χ3v) is 4.56. The van der Waals surface area contributed by atoms with Gasteiger partial charge in [-0.05, 0) is 31.9 Å². The Kier molecular flexibility index (Phi) is 8.38. The summed E-state index contributed by atoms with van der Waals surface area (Å²) in [7, 11) is 1.42. The molecule has 0 bridgehead atoms. The molecule has 0 aromatic heterocycles. The molecule has 9 heteroatoms. The Labute approximate surface area is 168 Å². The number of rotatable bonds is 7. The van der Waals surface area contributed by atoms with Gasteiger partial charge in [-0.3, -0.25) is 10.1 Å². The van der Waals surface area contributed by atoms with Crippen LogP contribution in [0.3, 0.4) is 0 Å². The summed E-state index contributed by atoms with van der Waals surface area (Å²) in [4.78, 5) is 35.9. The third-order valence-electron chi connectivity index (χ3n) is 4.28. The van der Waals surface area contributed by atoms with Crippen molar-refractivity contribution in [2.75, 3.05) is 20.3 Å². The smallest absolute Gasteiger partial charge is 0.338 e. The fourth-order valence-corrected chi connectivity index (χ4v) is 3.23. The SMILES string of the molecule is CCOc1c(Cl)cc(C(=O)OCC(=O)NC(=O)NC2CCCCC2)cc1OC. The summed E-state index contributed by atoms with van der Waals surface area (Å²) in [6, 6.07) is 2.26. The molecule has 1 aromatic carbocycles. The normalized spacial score (nSPS) is 14.1. The minimum Gasteiger partial charge on any atom is -0.493 e. The standard InChI is InChI=1S/C19H25ClN2O6/c1-3-27-17-14(20)9-12(10-15(17)26-2)18(24)28-11-16(23)22-19(25)21-13-7-5-4-6-8-13/h9-10,13H,3-8,11H2,1-2H3,(H2,21,22,23,25). The fourth-order valence-electron chi connectivity index (χ4n) is 2.97. The Balaban J connectivity index is 1.86. The molecular formula is C19H25ClN2O6. The van der Waals surface area contributed by atoms with Gasteiger partial charge in [0.1, 0.15) is 0 Å². The van der Waals surface area contributed by atoms with Crippen molar-refractivity contribution in [1.82, 2.24) is 10.6 Å². The van der Waals surface area contributed by atoms with Crippen molar-refractivity contribution in [1.29, 1.82) is 0 Å². The van der Waals surface area contributed by atoms with Crippen LogP contribution in [-0.4, -0.2) is 44.3 Å². The molecule has 0 unspecified atom stereocenters. The average Bonchev–Trinajstić information content (AvgIpc) is 2.68. The first-order valence-corrected chi connectivity index (χ1v) is 9.60. The van der Waals surface area contributed by atoms with Crippen molar-refractivity contribution < 1.29 is 28.6 Å². The number of halogens is 1. The number of hydrogen-bond acceptors (Lipinski definition) is 6. The summed E-state index contributed by atoms with van der Waals surface area (Å²) >= 11 is 6.12. The molecule has 28 heavy (non-hydrogen) atoms. The van der Waals surface area contributed by atoms with Gasteiger partial charge in [-0.25, -0.2) is 9.59 Å². The molecule has 0 aliphatic heterocycles. The first kappa shape index (κ1) is 21.8. The number of nitrogens with one attached hydrogen (secondary N) is 2. The highest BCUT2D eigenvalue weighted by Crippen LogP contribution is 2.36. The molecule has 1 fully saturated rings. The molecule has 0 saturated heterocycles. The molecule has 8 nitrogen and oxygen atoms in total. The minimum atomic E-state index is -0.772. The van der Waals surface area contributed by atoms with Crippen LogP contribution in [0, 0.1) is 0 Å². The van der Waals surface area contributed by atoms with E-state index >= 15 is 0 Å². The number of imide groups is 1. The summed E-state index contributed by atoms with van der Waals surface area (Å²) in [6.07, 6.45) is 5.08. The van der Waals surface area contributed by atoms with E-state index in [1.54, 1.807) is 6.92 Å². The van der Waals surface area contributed by atoms with Crippen LogP contribution < -0.4 is 20.1 Å². The number of methoxy groups -OCH3 is 1. The lowest BCUT2D eigenvalue weighted by molar-refractivity contribution is -0.123. The molecule has 0 spiro atoms. The summed E-state index contributed by atoms with van der Waals surface area (Å²) in [6.45, 7) is 1.58. The lowest BCUT2D eigenvalue weighted by atomic mass is 9.96. The van der Waals surface area contributed by atoms with Crippen molar-refractivity contribution in [2.24, 2.45) is 0 Å². The van der Waals surface area contributed by atoms with E-state index in [2.05, 4.69) is 10.6 Å². The van der Waals surface area contributed by atoms with Crippen LogP contribution in [0.5, 0.6) is 11.5 Å². The predicted molar refractivity (Wildman–Crippen MR) is 103 cm³/mol. The van der Waals surface area contributed by atoms with Crippen LogP contribution in [0.4, 0.5) is 4.79 Å². The molecule has 1 aliphatic rings. The zero-order chi connectivity index (χ0) is 20.5. The number of hydrogen-bond donors (Lipinski definition) is 2. The van der Waals surface area contributed by atoms with Gasteiger partial charge in [0.2, 0.25) is 0 Å². The molecule has 154 valence electrons. The number of amides is 3. The lowest BCUT2D eigenvalue weighted by Gasteiger charge is -2.22. The molecule has 2 rings (SSSR count). The van der Waals surface area contributed by atoms with Gasteiger partial charge in [0.15, 0.2) is 18.1 Å². The molecule has 1 aliphatic carbocycles. The van der Waals surface area contributed by atoms with Gasteiger partial charge in [0, 0.05) is 6.04 Å². The van der Waals surface area contributed by atoms with E-state index in [1.165, 1.54) is 19.2 Å². The van der Waals surface area contributed by atoms with Crippen molar-refractivity contribution in [3.63, 3.8) is 0 Å². The quantitative estimate of drug-likeness (QED) is 0.667.